The number of Topliss-reactive ketones (excluding diaryl/α,β-unsaturated/α-hetero) is 1. The van der Waals surface area contributed by atoms with Gasteiger partial charge in [-0.2, -0.15) is 4.98 Å². The number of nitrogens with zero attached hydrogens (tertiary/aromatic N) is 2. The third kappa shape index (κ3) is 3.07. The van der Waals surface area contributed by atoms with Crippen LogP contribution in [0.1, 0.15) is 48.9 Å². The molecular formula is C15H15ClN2O2. The second-order valence-corrected chi connectivity index (χ2v) is 5.60. The van der Waals surface area contributed by atoms with Crippen molar-refractivity contribution in [1.82, 2.24) is 10.1 Å². The van der Waals surface area contributed by atoms with Gasteiger partial charge in [-0.3, -0.25) is 4.79 Å². The van der Waals surface area contributed by atoms with E-state index in [1.807, 2.05) is 24.3 Å². The predicted molar refractivity (Wildman–Crippen MR) is 74.8 cm³/mol. The second kappa shape index (κ2) is 5.75. The van der Waals surface area contributed by atoms with Gasteiger partial charge in [0.1, 0.15) is 5.78 Å². The Kier molecular flexibility index (Phi) is 3.83. The van der Waals surface area contributed by atoms with Crippen LogP contribution >= 0.6 is 11.6 Å². The molecule has 0 N–H and O–H groups in total. The topological polar surface area (TPSA) is 56.0 Å². The van der Waals surface area contributed by atoms with E-state index in [4.69, 9.17) is 16.1 Å². The smallest absolute Gasteiger partial charge is 0.229 e. The van der Waals surface area contributed by atoms with E-state index in [-0.39, 0.29) is 5.92 Å². The summed E-state index contributed by atoms with van der Waals surface area (Å²) in [5, 5.41) is 4.73. The summed E-state index contributed by atoms with van der Waals surface area (Å²) in [7, 11) is 0. The van der Waals surface area contributed by atoms with Gasteiger partial charge in [0.15, 0.2) is 5.82 Å². The van der Waals surface area contributed by atoms with Crippen LogP contribution in [0.25, 0.3) is 0 Å². The summed E-state index contributed by atoms with van der Waals surface area (Å²) in [5.74, 6) is 1.89. The number of carbonyl (C=O) groups excluding carboxylic acids is 1. The number of carbonyl (C=O) groups is 1. The van der Waals surface area contributed by atoms with Gasteiger partial charge in [-0.15, -0.1) is 0 Å². The van der Waals surface area contributed by atoms with Crippen molar-refractivity contribution in [3.8, 4) is 0 Å². The molecular weight excluding hydrogens is 276 g/mol. The Labute approximate surface area is 122 Å². The van der Waals surface area contributed by atoms with Crippen molar-refractivity contribution >= 4 is 17.4 Å². The SMILES string of the molecule is O=C1CCC(c2nc(Cc3cccc(Cl)c3)no2)CC1. The Morgan fingerprint density at radius 3 is 2.85 bits per heavy atom. The third-order valence-corrected chi connectivity index (χ3v) is 3.86. The quantitative estimate of drug-likeness (QED) is 0.867. The molecule has 0 bridgehead atoms. The zero-order valence-electron chi connectivity index (χ0n) is 11.0. The molecule has 3 rings (SSSR count). The van der Waals surface area contributed by atoms with E-state index in [1.54, 1.807) is 0 Å². The Morgan fingerprint density at radius 2 is 2.10 bits per heavy atom. The van der Waals surface area contributed by atoms with Gasteiger partial charge in [0.25, 0.3) is 0 Å². The van der Waals surface area contributed by atoms with Crippen LogP contribution in [0.15, 0.2) is 28.8 Å². The highest BCUT2D eigenvalue weighted by Crippen LogP contribution is 2.30. The lowest BCUT2D eigenvalue weighted by atomic mass is 9.88. The third-order valence-electron chi connectivity index (χ3n) is 3.63. The summed E-state index contributed by atoms with van der Waals surface area (Å²) in [6.45, 7) is 0. The highest BCUT2D eigenvalue weighted by atomic mass is 35.5. The Bertz CT molecular complexity index is 614. The Hall–Kier alpha value is -1.68. The molecule has 0 spiro atoms. The molecule has 1 saturated carbocycles. The van der Waals surface area contributed by atoms with Gasteiger partial charge in [0.05, 0.1) is 0 Å². The molecule has 0 aliphatic heterocycles. The van der Waals surface area contributed by atoms with Crippen LogP contribution in [0.3, 0.4) is 0 Å². The summed E-state index contributed by atoms with van der Waals surface area (Å²) >= 11 is 5.96. The van der Waals surface area contributed by atoms with Crippen molar-refractivity contribution in [3.63, 3.8) is 0 Å². The predicted octanol–water partition coefficient (Wildman–Crippen LogP) is 3.54. The number of aromatic nitrogens is 2. The number of rotatable bonds is 3. The van der Waals surface area contributed by atoms with Gasteiger partial charge >= 0.3 is 0 Å². The van der Waals surface area contributed by atoms with Gasteiger partial charge in [0.2, 0.25) is 5.89 Å². The Morgan fingerprint density at radius 1 is 1.30 bits per heavy atom. The number of benzene rings is 1. The highest BCUT2D eigenvalue weighted by Gasteiger charge is 2.24. The minimum atomic E-state index is 0.230. The van der Waals surface area contributed by atoms with Crippen LogP contribution < -0.4 is 0 Å². The van der Waals surface area contributed by atoms with Crippen molar-refractivity contribution in [3.05, 3.63) is 46.6 Å². The molecule has 1 aromatic heterocycles. The lowest BCUT2D eigenvalue weighted by Crippen LogP contribution is -2.12. The van der Waals surface area contributed by atoms with Crippen LogP contribution in [0, 0.1) is 0 Å². The first-order valence-corrected chi connectivity index (χ1v) is 7.17. The van der Waals surface area contributed by atoms with Gasteiger partial charge in [-0.25, -0.2) is 0 Å². The monoisotopic (exact) mass is 290 g/mol. The van der Waals surface area contributed by atoms with Gasteiger partial charge in [0, 0.05) is 30.2 Å². The van der Waals surface area contributed by atoms with Crippen molar-refractivity contribution < 1.29 is 9.32 Å². The van der Waals surface area contributed by atoms with Crippen LogP contribution in [0.2, 0.25) is 5.02 Å². The number of ketones is 1. The standard InChI is InChI=1S/C15H15ClN2O2/c16-12-3-1-2-10(8-12)9-14-17-15(20-18-14)11-4-6-13(19)7-5-11/h1-3,8,11H,4-7,9H2. The van der Waals surface area contributed by atoms with Gasteiger partial charge < -0.3 is 4.52 Å². The Balaban J connectivity index is 1.69. The lowest BCUT2D eigenvalue weighted by molar-refractivity contribution is -0.120. The minimum absolute atomic E-state index is 0.230. The molecule has 0 atom stereocenters. The molecule has 20 heavy (non-hydrogen) atoms. The zero-order chi connectivity index (χ0) is 13.9. The molecule has 1 fully saturated rings. The van der Waals surface area contributed by atoms with E-state index < -0.39 is 0 Å². The molecule has 1 aliphatic rings. The van der Waals surface area contributed by atoms with E-state index in [1.165, 1.54) is 0 Å². The fraction of sp³-hybridized carbons (Fsp3) is 0.400. The fourth-order valence-corrected chi connectivity index (χ4v) is 2.73. The molecule has 0 amide bonds. The summed E-state index contributed by atoms with van der Waals surface area (Å²) in [6, 6.07) is 7.63. The molecule has 2 aromatic rings. The molecule has 1 aromatic carbocycles. The first-order chi connectivity index (χ1) is 9.70. The van der Waals surface area contributed by atoms with Crippen molar-refractivity contribution in [2.75, 3.05) is 0 Å². The average Bonchev–Trinajstić information content (AvgIpc) is 2.88. The van der Waals surface area contributed by atoms with Gasteiger partial charge in [-0.1, -0.05) is 28.9 Å². The molecule has 5 heteroatoms. The second-order valence-electron chi connectivity index (χ2n) is 5.17. The maximum Gasteiger partial charge on any atom is 0.229 e. The maximum absolute atomic E-state index is 11.2. The number of halogens is 1. The molecule has 0 unspecified atom stereocenters. The van der Waals surface area contributed by atoms with E-state index in [0.29, 0.717) is 41.8 Å². The normalized spacial score (nSPS) is 16.6. The highest BCUT2D eigenvalue weighted by molar-refractivity contribution is 6.30. The van der Waals surface area contributed by atoms with Crippen molar-refractivity contribution in [1.29, 1.82) is 0 Å². The summed E-state index contributed by atoms with van der Waals surface area (Å²) in [4.78, 5) is 15.7. The summed E-state index contributed by atoms with van der Waals surface area (Å²) in [5.41, 5.74) is 1.06. The van der Waals surface area contributed by atoms with Crippen molar-refractivity contribution in [2.45, 2.75) is 38.0 Å². The number of hydrogen-bond donors (Lipinski definition) is 0. The average molecular weight is 291 g/mol. The van der Waals surface area contributed by atoms with Crippen LogP contribution in [0.5, 0.6) is 0 Å². The molecule has 0 radical (unpaired) electrons. The van der Waals surface area contributed by atoms with E-state index in [9.17, 15) is 4.79 Å². The lowest BCUT2D eigenvalue weighted by Gasteiger charge is -2.16. The van der Waals surface area contributed by atoms with E-state index in [0.717, 1.165) is 18.4 Å². The van der Waals surface area contributed by atoms with Crippen LogP contribution in [0.4, 0.5) is 0 Å². The molecule has 104 valence electrons. The fourth-order valence-electron chi connectivity index (χ4n) is 2.52. The summed E-state index contributed by atoms with van der Waals surface area (Å²) in [6.07, 6.45) is 3.48. The molecule has 0 saturated heterocycles. The minimum Gasteiger partial charge on any atom is -0.339 e. The van der Waals surface area contributed by atoms with Crippen molar-refractivity contribution in [2.24, 2.45) is 0 Å². The van der Waals surface area contributed by atoms with Gasteiger partial charge in [-0.05, 0) is 30.5 Å². The summed E-state index contributed by atoms with van der Waals surface area (Å²) < 4.78 is 5.34. The van der Waals surface area contributed by atoms with E-state index >= 15 is 0 Å². The van der Waals surface area contributed by atoms with Crippen LogP contribution in [-0.2, 0) is 11.2 Å². The molecule has 1 heterocycles. The largest absolute Gasteiger partial charge is 0.339 e. The van der Waals surface area contributed by atoms with E-state index in [2.05, 4.69) is 10.1 Å². The first kappa shape index (κ1) is 13.3. The maximum atomic E-state index is 11.2. The molecule has 4 nitrogen and oxygen atoms in total. The van der Waals surface area contributed by atoms with Crippen LogP contribution in [-0.4, -0.2) is 15.9 Å². The number of hydrogen-bond acceptors (Lipinski definition) is 4. The molecule has 1 aliphatic carbocycles. The zero-order valence-corrected chi connectivity index (χ0v) is 11.8. The first-order valence-electron chi connectivity index (χ1n) is 6.79.